The van der Waals surface area contributed by atoms with Gasteiger partial charge in [-0.25, -0.2) is 4.98 Å². The van der Waals surface area contributed by atoms with Crippen LogP contribution in [0.2, 0.25) is 0 Å². The van der Waals surface area contributed by atoms with Gasteiger partial charge in [-0.3, -0.25) is 4.79 Å². The predicted molar refractivity (Wildman–Crippen MR) is 93.7 cm³/mol. The summed E-state index contributed by atoms with van der Waals surface area (Å²) < 4.78 is 0. The minimum absolute atomic E-state index is 0.0632. The fourth-order valence-electron chi connectivity index (χ4n) is 2.92. The highest BCUT2D eigenvalue weighted by Crippen LogP contribution is 2.35. The van der Waals surface area contributed by atoms with E-state index in [9.17, 15) is 4.79 Å². The van der Waals surface area contributed by atoms with Crippen LogP contribution in [-0.2, 0) is 0 Å². The Balaban J connectivity index is 1.60. The number of rotatable bonds is 2. The van der Waals surface area contributed by atoms with Gasteiger partial charge >= 0.3 is 0 Å². The van der Waals surface area contributed by atoms with Crippen molar-refractivity contribution < 1.29 is 4.79 Å². The van der Waals surface area contributed by atoms with Crippen LogP contribution in [0.25, 0.3) is 10.9 Å². The molecule has 4 rings (SSSR count). The highest BCUT2D eigenvalue weighted by molar-refractivity contribution is 7.99. The molecule has 0 bridgehead atoms. The van der Waals surface area contributed by atoms with Crippen molar-refractivity contribution >= 4 is 28.6 Å². The molecular formula is C19H16N2OS. The number of amides is 1. The third-order valence-corrected chi connectivity index (χ3v) is 5.22. The van der Waals surface area contributed by atoms with Crippen LogP contribution in [0.4, 0.5) is 0 Å². The smallest absolute Gasteiger partial charge is 0.270 e. The van der Waals surface area contributed by atoms with Crippen molar-refractivity contribution in [3.8, 4) is 0 Å². The number of hydrogen-bond donors (Lipinski definition) is 1. The van der Waals surface area contributed by atoms with Crippen molar-refractivity contribution in [2.75, 3.05) is 5.75 Å². The van der Waals surface area contributed by atoms with Gasteiger partial charge in [0, 0.05) is 16.0 Å². The molecule has 3 nitrogen and oxygen atoms in total. The van der Waals surface area contributed by atoms with Crippen LogP contribution in [0.5, 0.6) is 0 Å². The quantitative estimate of drug-likeness (QED) is 0.769. The number of benzene rings is 2. The number of carbonyl (C=O) groups excluding carboxylic acids is 1. The van der Waals surface area contributed by atoms with Gasteiger partial charge in [0.15, 0.2) is 0 Å². The van der Waals surface area contributed by atoms with E-state index < -0.39 is 0 Å². The molecule has 1 unspecified atom stereocenters. The molecule has 1 aliphatic rings. The van der Waals surface area contributed by atoms with E-state index in [4.69, 9.17) is 0 Å². The van der Waals surface area contributed by atoms with Crippen molar-refractivity contribution in [1.29, 1.82) is 0 Å². The van der Waals surface area contributed by atoms with Gasteiger partial charge in [-0.15, -0.1) is 11.8 Å². The second-order valence-corrected chi connectivity index (χ2v) is 6.73. The van der Waals surface area contributed by atoms with E-state index in [1.807, 2.05) is 54.2 Å². The number of nitrogens with one attached hydrogen (secondary N) is 1. The highest BCUT2D eigenvalue weighted by atomic mass is 32.2. The van der Waals surface area contributed by atoms with Crippen LogP contribution in [-0.4, -0.2) is 16.6 Å². The van der Waals surface area contributed by atoms with Crippen LogP contribution in [0.3, 0.4) is 0 Å². The summed E-state index contributed by atoms with van der Waals surface area (Å²) in [4.78, 5) is 18.3. The van der Waals surface area contributed by atoms with Gasteiger partial charge in [0.1, 0.15) is 5.69 Å². The fourth-order valence-corrected chi connectivity index (χ4v) is 4.04. The SMILES string of the molecule is O=C(NC1CCSc2ccccc21)c1ccc2ccccc2n1. The molecule has 4 heteroatoms. The topological polar surface area (TPSA) is 42.0 Å². The highest BCUT2D eigenvalue weighted by Gasteiger charge is 2.22. The summed E-state index contributed by atoms with van der Waals surface area (Å²) in [5.41, 5.74) is 2.53. The molecule has 0 fully saturated rings. The third-order valence-electron chi connectivity index (χ3n) is 4.09. The molecule has 1 atom stereocenters. The number of pyridine rings is 1. The molecule has 1 amide bonds. The lowest BCUT2D eigenvalue weighted by atomic mass is 10.0. The van der Waals surface area contributed by atoms with Gasteiger partial charge in [-0.2, -0.15) is 0 Å². The zero-order valence-electron chi connectivity index (χ0n) is 12.5. The van der Waals surface area contributed by atoms with Crippen molar-refractivity contribution in [3.63, 3.8) is 0 Å². The molecule has 0 spiro atoms. The van der Waals surface area contributed by atoms with Crippen LogP contribution in [0.1, 0.15) is 28.5 Å². The predicted octanol–water partition coefficient (Wildman–Crippen LogP) is 4.20. The summed E-state index contributed by atoms with van der Waals surface area (Å²) in [7, 11) is 0. The average Bonchev–Trinajstić information content (AvgIpc) is 2.61. The maximum Gasteiger partial charge on any atom is 0.270 e. The van der Waals surface area contributed by atoms with Gasteiger partial charge in [-0.05, 0) is 30.2 Å². The van der Waals surface area contributed by atoms with Gasteiger partial charge in [-0.1, -0.05) is 42.5 Å². The number of nitrogens with zero attached hydrogens (tertiary/aromatic N) is 1. The standard InChI is InChI=1S/C19H16N2OS/c22-19(17-10-9-13-5-1-3-7-15(13)20-17)21-16-11-12-23-18-8-4-2-6-14(16)18/h1-10,16H,11-12H2,(H,21,22). The molecule has 0 radical (unpaired) electrons. The maximum atomic E-state index is 12.6. The second kappa shape index (κ2) is 6.05. The Labute approximate surface area is 139 Å². The fraction of sp³-hybridized carbons (Fsp3) is 0.158. The molecule has 2 heterocycles. The Hall–Kier alpha value is -2.33. The zero-order chi connectivity index (χ0) is 15.6. The van der Waals surface area contributed by atoms with Gasteiger partial charge in [0.05, 0.1) is 11.6 Å². The summed E-state index contributed by atoms with van der Waals surface area (Å²) in [6, 6.07) is 19.9. The average molecular weight is 320 g/mol. The van der Waals surface area contributed by atoms with E-state index in [2.05, 4.69) is 22.4 Å². The van der Waals surface area contributed by atoms with Crippen LogP contribution < -0.4 is 5.32 Å². The number of thioether (sulfide) groups is 1. The Morgan fingerprint density at radius 2 is 1.87 bits per heavy atom. The van der Waals surface area contributed by atoms with E-state index in [1.54, 1.807) is 6.07 Å². The normalized spacial score (nSPS) is 16.8. The van der Waals surface area contributed by atoms with Crippen LogP contribution in [0.15, 0.2) is 65.6 Å². The molecular weight excluding hydrogens is 304 g/mol. The maximum absolute atomic E-state index is 12.6. The lowest BCUT2D eigenvalue weighted by Gasteiger charge is -2.25. The van der Waals surface area contributed by atoms with Crippen molar-refractivity contribution in [3.05, 3.63) is 71.9 Å². The first-order valence-corrected chi connectivity index (χ1v) is 8.68. The monoisotopic (exact) mass is 320 g/mol. The van der Waals surface area contributed by atoms with Crippen molar-refractivity contribution in [1.82, 2.24) is 10.3 Å². The van der Waals surface area contributed by atoms with E-state index >= 15 is 0 Å². The number of carbonyl (C=O) groups is 1. The van der Waals surface area contributed by atoms with Crippen molar-refractivity contribution in [2.24, 2.45) is 0 Å². The van der Waals surface area contributed by atoms with Crippen LogP contribution >= 0.6 is 11.8 Å². The molecule has 2 aromatic carbocycles. The lowest BCUT2D eigenvalue weighted by molar-refractivity contribution is 0.0930. The molecule has 23 heavy (non-hydrogen) atoms. The first-order valence-electron chi connectivity index (χ1n) is 7.70. The van der Waals surface area contributed by atoms with Crippen molar-refractivity contribution in [2.45, 2.75) is 17.4 Å². The van der Waals surface area contributed by atoms with E-state index in [0.29, 0.717) is 5.69 Å². The molecule has 114 valence electrons. The molecule has 3 aromatic rings. The van der Waals surface area contributed by atoms with Gasteiger partial charge < -0.3 is 5.32 Å². The first-order chi connectivity index (χ1) is 11.3. The summed E-state index contributed by atoms with van der Waals surface area (Å²) >= 11 is 1.85. The molecule has 0 saturated heterocycles. The number of hydrogen-bond acceptors (Lipinski definition) is 3. The van der Waals surface area contributed by atoms with Crippen LogP contribution in [0, 0.1) is 0 Å². The van der Waals surface area contributed by atoms with E-state index in [-0.39, 0.29) is 11.9 Å². The summed E-state index contributed by atoms with van der Waals surface area (Å²) in [5, 5.41) is 4.19. The second-order valence-electron chi connectivity index (χ2n) is 5.59. The molecule has 0 aliphatic carbocycles. The lowest BCUT2D eigenvalue weighted by Crippen LogP contribution is -2.31. The number of aromatic nitrogens is 1. The largest absolute Gasteiger partial charge is 0.344 e. The minimum Gasteiger partial charge on any atom is -0.344 e. The molecule has 1 aliphatic heterocycles. The Kier molecular flexibility index (Phi) is 3.75. The van der Waals surface area contributed by atoms with Gasteiger partial charge in [0.25, 0.3) is 5.91 Å². The Morgan fingerprint density at radius 1 is 1.04 bits per heavy atom. The van der Waals surface area contributed by atoms with Gasteiger partial charge in [0.2, 0.25) is 0 Å². The Morgan fingerprint density at radius 3 is 2.83 bits per heavy atom. The molecule has 1 aromatic heterocycles. The Bertz CT molecular complexity index is 878. The zero-order valence-corrected chi connectivity index (χ0v) is 13.3. The summed E-state index contributed by atoms with van der Waals surface area (Å²) in [6.45, 7) is 0. The first kappa shape index (κ1) is 14.3. The third kappa shape index (κ3) is 2.82. The summed E-state index contributed by atoms with van der Waals surface area (Å²) in [6.07, 6.45) is 0.945. The van der Waals surface area contributed by atoms with E-state index in [0.717, 1.165) is 23.1 Å². The molecule has 1 N–H and O–H groups in total. The van der Waals surface area contributed by atoms with E-state index in [1.165, 1.54) is 10.5 Å². The summed E-state index contributed by atoms with van der Waals surface area (Å²) in [5.74, 6) is 0.912. The molecule has 0 saturated carbocycles. The number of fused-ring (bicyclic) bond motifs is 2. The minimum atomic E-state index is -0.109. The number of para-hydroxylation sites is 1.